The van der Waals surface area contributed by atoms with E-state index >= 15 is 0 Å². The van der Waals surface area contributed by atoms with Crippen LogP contribution < -0.4 is 4.72 Å². The number of carboxylic acid groups (broad SMARTS) is 1. The molecule has 2 N–H and O–H groups in total. The third kappa shape index (κ3) is 4.87. The molecule has 0 saturated carbocycles. The molecule has 0 heterocycles. The third-order valence-corrected chi connectivity index (χ3v) is 5.42. The van der Waals surface area contributed by atoms with E-state index in [1.807, 2.05) is 0 Å². The molecule has 0 aromatic heterocycles. The van der Waals surface area contributed by atoms with Crippen molar-refractivity contribution in [2.24, 2.45) is 5.92 Å². The first-order chi connectivity index (χ1) is 8.74. The normalized spacial score (nSPS) is 13.2. The Kier molecular flexibility index (Phi) is 5.97. The molecule has 0 radical (unpaired) electrons. The maximum atomic E-state index is 12.0. The minimum absolute atomic E-state index is 0.0781. The van der Waals surface area contributed by atoms with Crippen LogP contribution in [0.4, 0.5) is 0 Å². The molecule has 0 amide bonds. The number of rotatable bonds is 6. The van der Waals surface area contributed by atoms with Crippen molar-refractivity contribution in [1.29, 1.82) is 0 Å². The predicted octanol–water partition coefficient (Wildman–Crippen LogP) is 2.60. The lowest BCUT2D eigenvalue weighted by atomic mass is 10.1. The fourth-order valence-corrected chi connectivity index (χ4v) is 3.84. The van der Waals surface area contributed by atoms with Gasteiger partial charge in [-0.15, -0.1) is 0 Å². The Labute approximate surface area is 128 Å². The van der Waals surface area contributed by atoms with Gasteiger partial charge in [-0.25, -0.2) is 13.1 Å². The number of hydrogen-bond acceptors (Lipinski definition) is 3. The number of carbonyl (C=O) groups is 1. The van der Waals surface area contributed by atoms with Crippen LogP contribution in [0.1, 0.15) is 13.3 Å². The van der Waals surface area contributed by atoms with Crippen molar-refractivity contribution in [3.05, 3.63) is 27.1 Å². The average molecular weight is 415 g/mol. The molecule has 0 saturated heterocycles. The van der Waals surface area contributed by atoms with Crippen LogP contribution in [0, 0.1) is 5.92 Å². The molecule has 0 bridgehead atoms. The molecular weight excluding hydrogens is 402 g/mol. The van der Waals surface area contributed by atoms with Gasteiger partial charge in [0.2, 0.25) is 10.0 Å². The van der Waals surface area contributed by atoms with Crippen molar-refractivity contribution in [3.63, 3.8) is 0 Å². The summed E-state index contributed by atoms with van der Waals surface area (Å²) in [5, 5.41) is 8.72. The fraction of sp³-hybridized carbons (Fsp3) is 0.364. The number of halogens is 2. The van der Waals surface area contributed by atoms with Gasteiger partial charge >= 0.3 is 5.97 Å². The van der Waals surface area contributed by atoms with Gasteiger partial charge in [-0.3, -0.25) is 4.79 Å². The minimum Gasteiger partial charge on any atom is -0.481 e. The zero-order valence-electron chi connectivity index (χ0n) is 10.1. The van der Waals surface area contributed by atoms with Gasteiger partial charge in [-0.1, -0.05) is 22.9 Å². The topological polar surface area (TPSA) is 83.5 Å². The summed E-state index contributed by atoms with van der Waals surface area (Å²) in [5.74, 6) is -1.53. The summed E-state index contributed by atoms with van der Waals surface area (Å²) in [6.07, 6.45) is 0.236. The summed E-state index contributed by atoms with van der Waals surface area (Å²) in [6, 6.07) is 4.82. The fourth-order valence-electron chi connectivity index (χ4n) is 1.29. The summed E-state index contributed by atoms with van der Waals surface area (Å²) in [7, 11) is -3.65. The highest BCUT2D eigenvalue weighted by Crippen LogP contribution is 2.25. The second-order valence-electron chi connectivity index (χ2n) is 4.00. The Hall–Kier alpha value is -0.440. The largest absolute Gasteiger partial charge is 0.481 e. The van der Waals surface area contributed by atoms with Crippen molar-refractivity contribution >= 4 is 47.9 Å². The van der Waals surface area contributed by atoms with Crippen molar-refractivity contribution in [3.8, 4) is 0 Å². The Morgan fingerprint density at radius 1 is 1.42 bits per heavy atom. The number of nitrogens with one attached hydrogen (secondary N) is 1. The van der Waals surface area contributed by atoms with Crippen molar-refractivity contribution in [2.75, 3.05) is 6.54 Å². The lowest BCUT2D eigenvalue weighted by Gasteiger charge is -2.10. The Morgan fingerprint density at radius 3 is 2.63 bits per heavy atom. The molecule has 19 heavy (non-hydrogen) atoms. The first-order valence-corrected chi connectivity index (χ1v) is 8.48. The number of aliphatic carboxylic acids is 1. The van der Waals surface area contributed by atoms with E-state index in [1.54, 1.807) is 12.1 Å². The molecule has 0 spiro atoms. The van der Waals surface area contributed by atoms with E-state index in [1.165, 1.54) is 13.0 Å². The predicted molar refractivity (Wildman–Crippen MR) is 78.4 cm³/mol. The maximum absolute atomic E-state index is 12.0. The van der Waals surface area contributed by atoms with Crippen LogP contribution in [0.3, 0.4) is 0 Å². The van der Waals surface area contributed by atoms with E-state index in [0.29, 0.717) is 8.95 Å². The number of benzene rings is 1. The SMILES string of the molecule is CC(CCNS(=O)(=O)c1cc(Br)ccc1Br)C(=O)O. The van der Waals surface area contributed by atoms with Gasteiger partial charge in [0.1, 0.15) is 0 Å². The van der Waals surface area contributed by atoms with Crippen LogP contribution in [0.25, 0.3) is 0 Å². The number of carboxylic acids is 1. The zero-order chi connectivity index (χ0) is 14.6. The van der Waals surface area contributed by atoms with Crippen LogP contribution in [-0.4, -0.2) is 26.0 Å². The second-order valence-corrected chi connectivity index (χ2v) is 7.51. The Bertz CT molecular complexity index is 574. The second kappa shape index (κ2) is 6.83. The quantitative estimate of drug-likeness (QED) is 0.749. The molecule has 106 valence electrons. The summed E-state index contributed by atoms with van der Waals surface area (Å²) in [5.41, 5.74) is 0. The minimum atomic E-state index is -3.65. The van der Waals surface area contributed by atoms with Crippen molar-refractivity contribution in [2.45, 2.75) is 18.2 Å². The molecule has 1 atom stereocenters. The highest BCUT2D eigenvalue weighted by Gasteiger charge is 2.19. The Morgan fingerprint density at radius 2 is 2.05 bits per heavy atom. The molecule has 0 aliphatic carbocycles. The summed E-state index contributed by atoms with van der Waals surface area (Å²) < 4.78 is 27.6. The number of hydrogen-bond donors (Lipinski definition) is 2. The van der Waals surface area contributed by atoms with Gasteiger partial charge in [0.05, 0.1) is 10.8 Å². The van der Waals surface area contributed by atoms with E-state index < -0.39 is 21.9 Å². The van der Waals surface area contributed by atoms with Crippen LogP contribution >= 0.6 is 31.9 Å². The third-order valence-electron chi connectivity index (χ3n) is 2.47. The van der Waals surface area contributed by atoms with E-state index in [9.17, 15) is 13.2 Å². The van der Waals surface area contributed by atoms with E-state index in [-0.39, 0.29) is 17.9 Å². The summed E-state index contributed by atoms with van der Waals surface area (Å²) >= 11 is 6.38. The summed E-state index contributed by atoms with van der Waals surface area (Å²) in [4.78, 5) is 10.7. The lowest BCUT2D eigenvalue weighted by molar-refractivity contribution is -0.141. The molecule has 1 rings (SSSR count). The number of sulfonamides is 1. The molecule has 1 unspecified atom stereocenters. The molecule has 0 aliphatic heterocycles. The molecule has 5 nitrogen and oxygen atoms in total. The van der Waals surface area contributed by atoms with E-state index in [2.05, 4.69) is 36.6 Å². The highest BCUT2D eigenvalue weighted by atomic mass is 79.9. The molecule has 8 heteroatoms. The summed E-state index contributed by atoms with van der Waals surface area (Å²) in [6.45, 7) is 1.61. The molecule has 1 aromatic rings. The lowest BCUT2D eigenvalue weighted by Crippen LogP contribution is -2.27. The average Bonchev–Trinajstić information content (AvgIpc) is 2.31. The molecular formula is C11H13Br2NO4S. The van der Waals surface area contributed by atoms with E-state index in [4.69, 9.17) is 5.11 Å². The van der Waals surface area contributed by atoms with Gasteiger partial charge in [0.15, 0.2) is 0 Å². The van der Waals surface area contributed by atoms with Crippen LogP contribution in [-0.2, 0) is 14.8 Å². The van der Waals surface area contributed by atoms with E-state index in [0.717, 1.165) is 0 Å². The van der Waals surface area contributed by atoms with Crippen molar-refractivity contribution < 1.29 is 18.3 Å². The van der Waals surface area contributed by atoms with Crippen LogP contribution in [0.5, 0.6) is 0 Å². The highest BCUT2D eigenvalue weighted by molar-refractivity contribution is 9.11. The standard InChI is InChI=1S/C11H13Br2NO4S/c1-7(11(15)16)4-5-14-19(17,18)10-6-8(12)2-3-9(10)13/h2-3,6-7,14H,4-5H2,1H3,(H,15,16). The van der Waals surface area contributed by atoms with Gasteiger partial charge in [0, 0.05) is 15.5 Å². The molecule has 1 aromatic carbocycles. The van der Waals surface area contributed by atoms with Gasteiger partial charge in [-0.2, -0.15) is 0 Å². The first-order valence-electron chi connectivity index (χ1n) is 5.41. The monoisotopic (exact) mass is 413 g/mol. The molecule has 0 aliphatic rings. The Balaban J connectivity index is 2.76. The zero-order valence-corrected chi connectivity index (χ0v) is 14.0. The van der Waals surface area contributed by atoms with Gasteiger partial charge in [0.25, 0.3) is 0 Å². The molecule has 0 fully saturated rings. The smallest absolute Gasteiger partial charge is 0.306 e. The van der Waals surface area contributed by atoms with Crippen LogP contribution in [0.2, 0.25) is 0 Å². The van der Waals surface area contributed by atoms with Gasteiger partial charge < -0.3 is 5.11 Å². The van der Waals surface area contributed by atoms with Crippen LogP contribution in [0.15, 0.2) is 32.0 Å². The first kappa shape index (κ1) is 16.6. The van der Waals surface area contributed by atoms with Crippen molar-refractivity contribution in [1.82, 2.24) is 4.72 Å². The maximum Gasteiger partial charge on any atom is 0.306 e. The van der Waals surface area contributed by atoms with Gasteiger partial charge in [-0.05, 0) is 40.5 Å².